The van der Waals surface area contributed by atoms with Crippen molar-refractivity contribution in [3.63, 3.8) is 0 Å². The first kappa shape index (κ1) is 27.2. The van der Waals surface area contributed by atoms with Crippen LogP contribution in [0.4, 0.5) is 5.69 Å². The van der Waals surface area contributed by atoms with Crippen molar-refractivity contribution in [3.05, 3.63) is 126 Å². The zero-order chi connectivity index (χ0) is 27.9. The summed E-state index contributed by atoms with van der Waals surface area (Å²) in [6, 6.07) is 28.7. The van der Waals surface area contributed by atoms with Crippen molar-refractivity contribution in [3.8, 4) is 5.75 Å². The zero-order valence-electron chi connectivity index (χ0n) is 20.8. The first-order valence-electron chi connectivity index (χ1n) is 11.8. The van der Waals surface area contributed by atoms with Crippen molar-refractivity contribution in [1.82, 2.24) is 5.43 Å². The fourth-order valence-electron chi connectivity index (χ4n) is 3.76. The van der Waals surface area contributed by atoms with E-state index >= 15 is 0 Å². The molecule has 0 atom stereocenters. The van der Waals surface area contributed by atoms with Gasteiger partial charge in [0, 0.05) is 12.6 Å². The van der Waals surface area contributed by atoms with Gasteiger partial charge < -0.3 is 14.6 Å². The summed E-state index contributed by atoms with van der Waals surface area (Å²) >= 11 is 0. The summed E-state index contributed by atoms with van der Waals surface area (Å²) in [5, 5.41) is 18.0. The Hall–Kier alpha value is -4.80. The number of carbonyl (C=O) groups is 2. The van der Waals surface area contributed by atoms with Crippen LogP contribution in [0.2, 0.25) is 0 Å². The minimum absolute atomic E-state index is 0.0290. The van der Waals surface area contributed by atoms with Crippen LogP contribution >= 0.6 is 0 Å². The number of rotatable bonds is 9. The van der Waals surface area contributed by atoms with Crippen LogP contribution in [0, 0.1) is 0 Å². The number of anilines is 1. The average molecular weight is 544 g/mol. The summed E-state index contributed by atoms with van der Waals surface area (Å²) in [5.41, 5.74) is 2.01. The van der Waals surface area contributed by atoms with Crippen LogP contribution < -0.4 is 14.9 Å². The lowest BCUT2D eigenvalue weighted by Gasteiger charge is -2.27. The minimum atomic E-state index is -4.15. The molecule has 4 rings (SSSR count). The van der Waals surface area contributed by atoms with Gasteiger partial charge in [-0.1, -0.05) is 72.8 Å². The lowest BCUT2D eigenvalue weighted by Crippen LogP contribution is -2.43. The van der Waals surface area contributed by atoms with Gasteiger partial charge in [0.1, 0.15) is 10.6 Å². The number of hydrogen-bond acceptors (Lipinski definition) is 7. The predicted octanol–water partition coefficient (Wildman–Crippen LogP) is 3.80. The number of nitrogens with one attached hydrogen (secondary N) is 2. The summed E-state index contributed by atoms with van der Waals surface area (Å²) in [6.45, 7) is 1.35. The highest BCUT2D eigenvalue weighted by atomic mass is 32.2. The van der Waals surface area contributed by atoms with E-state index in [0.717, 1.165) is 0 Å². The number of amides is 2. The molecule has 198 valence electrons. The fourth-order valence-corrected chi connectivity index (χ4v) is 4.69. The van der Waals surface area contributed by atoms with Crippen LogP contribution in [0.15, 0.2) is 119 Å². The molecule has 0 aromatic heterocycles. The topological polar surface area (TPSA) is 134 Å². The van der Waals surface area contributed by atoms with Crippen LogP contribution in [-0.4, -0.2) is 31.6 Å². The molecule has 0 spiro atoms. The van der Waals surface area contributed by atoms with Gasteiger partial charge in [-0.3, -0.25) is 9.59 Å². The molecule has 0 aliphatic carbocycles. The van der Waals surface area contributed by atoms with Crippen molar-refractivity contribution in [2.45, 2.75) is 17.4 Å². The van der Waals surface area contributed by atoms with Gasteiger partial charge in [0.25, 0.3) is 5.91 Å². The Morgan fingerprint density at radius 1 is 0.846 bits per heavy atom. The smallest absolute Gasteiger partial charge is 0.339 e. The lowest BCUT2D eigenvalue weighted by atomic mass is 9.85. The Kier molecular flexibility index (Phi) is 8.18. The van der Waals surface area contributed by atoms with E-state index in [9.17, 15) is 23.1 Å². The average Bonchev–Trinajstić information content (AvgIpc) is 2.93. The molecule has 4 aromatic carbocycles. The van der Waals surface area contributed by atoms with E-state index in [0.29, 0.717) is 22.4 Å². The Morgan fingerprint density at radius 3 is 2.00 bits per heavy atom. The van der Waals surface area contributed by atoms with E-state index in [1.807, 2.05) is 0 Å². The highest BCUT2D eigenvalue weighted by Gasteiger charge is 2.39. The highest BCUT2D eigenvalue weighted by molar-refractivity contribution is 7.87. The third kappa shape index (κ3) is 6.56. The second kappa shape index (κ2) is 11.7. The van der Waals surface area contributed by atoms with Gasteiger partial charge in [0.05, 0.1) is 6.21 Å². The maximum absolute atomic E-state index is 13.1. The van der Waals surface area contributed by atoms with Crippen LogP contribution in [0.3, 0.4) is 0 Å². The standard InChI is InChI=1S/C29H25N3O6S/c1-21(33)31-25-15-17-27(18-16-25)39(36,37)38-26-14-8-9-22(19-26)20-30-32-28(34)29(35,23-10-4-2-5-11-23)24-12-6-3-7-13-24/h2-20,35H,1H3,(H,31,33)(H,32,34)/b30-20-. The van der Waals surface area contributed by atoms with Crippen molar-refractivity contribution >= 4 is 33.8 Å². The molecule has 4 aromatic rings. The first-order valence-corrected chi connectivity index (χ1v) is 13.2. The molecule has 0 fully saturated rings. The summed E-state index contributed by atoms with van der Waals surface area (Å²) < 4.78 is 30.6. The van der Waals surface area contributed by atoms with Crippen molar-refractivity contribution in [2.24, 2.45) is 5.10 Å². The van der Waals surface area contributed by atoms with Crippen molar-refractivity contribution in [2.75, 3.05) is 5.32 Å². The molecule has 0 bridgehead atoms. The molecule has 0 heterocycles. The second-order valence-electron chi connectivity index (χ2n) is 8.46. The highest BCUT2D eigenvalue weighted by Crippen LogP contribution is 2.30. The summed E-state index contributed by atoms with van der Waals surface area (Å²) in [7, 11) is -4.15. The zero-order valence-corrected chi connectivity index (χ0v) is 21.6. The van der Waals surface area contributed by atoms with E-state index in [2.05, 4.69) is 15.8 Å². The molecular formula is C29H25N3O6S. The number of carbonyl (C=O) groups excluding carboxylic acids is 2. The number of benzene rings is 4. The molecule has 2 amide bonds. The molecule has 9 nitrogen and oxygen atoms in total. The second-order valence-corrected chi connectivity index (χ2v) is 10.0. The quantitative estimate of drug-likeness (QED) is 0.167. The molecule has 3 N–H and O–H groups in total. The van der Waals surface area contributed by atoms with Gasteiger partial charge in [0.2, 0.25) is 5.91 Å². The van der Waals surface area contributed by atoms with E-state index in [1.54, 1.807) is 72.8 Å². The lowest BCUT2D eigenvalue weighted by molar-refractivity contribution is -0.136. The Morgan fingerprint density at radius 2 is 1.44 bits per heavy atom. The van der Waals surface area contributed by atoms with Gasteiger partial charge in [-0.05, 0) is 53.1 Å². The van der Waals surface area contributed by atoms with E-state index in [-0.39, 0.29) is 16.6 Å². The molecule has 0 saturated heterocycles. The number of aliphatic hydroxyl groups is 1. The summed E-state index contributed by atoms with van der Waals surface area (Å²) in [6.07, 6.45) is 1.30. The number of nitrogens with zero attached hydrogens (tertiary/aromatic N) is 1. The number of hydrazone groups is 1. The molecule has 0 radical (unpaired) electrons. The van der Waals surface area contributed by atoms with Gasteiger partial charge in [-0.25, -0.2) is 5.43 Å². The maximum atomic E-state index is 13.1. The molecule has 10 heteroatoms. The van der Waals surface area contributed by atoms with Crippen LogP contribution in [-0.2, 0) is 25.3 Å². The van der Waals surface area contributed by atoms with E-state index in [1.165, 1.54) is 49.5 Å². The van der Waals surface area contributed by atoms with Crippen LogP contribution in [0.1, 0.15) is 23.6 Å². The van der Waals surface area contributed by atoms with Crippen molar-refractivity contribution < 1.29 is 27.3 Å². The Bertz CT molecular complexity index is 1550. The van der Waals surface area contributed by atoms with Gasteiger partial charge >= 0.3 is 10.1 Å². The molecule has 0 saturated carbocycles. The van der Waals surface area contributed by atoms with Crippen LogP contribution in [0.5, 0.6) is 5.75 Å². The van der Waals surface area contributed by atoms with Gasteiger partial charge in [-0.15, -0.1) is 0 Å². The Labute approximate surface area is 225 Å². The molecule has 39 heavy (non-hydrogen) atoms. The van der Waals surface area contributed by atoms with Gasteiger partial charge in [-0.2, -0.15) is 13.5 Å². The molecule has 0 aliphatic heterocycles. The normalized spacial score (nSPS) is 11.6. The third-order valence-electron chi connectivity index (χ3n) is 5.62. The van der Waals surface area contributed by atoms with E-state index in [4.69, 9.17) is 4.18 Å². The summed E-state index contributed by atoms with van der Waals surface area (Å²) in [5.74, 6) is -1.02. The predicted molar refractivity (Wildman–Crippen MR) is 147 cm³/mol. The van der Waals surface area contributed by atoms with Crippen molar-refractivity contribution in [1.29, 1.82) is 0 Å². The molecular weight excluding hydrogens is 518 g/mol. The third-order valence-corrected chi connectivity index (χ3v) is 6.88. The SMILES string of the molecule is CC(=O)Nc1ccc(S(=O)(=O)Oc2cccc(/C=N\NC(=O)C(O)(c3ccccc3)c3ccccc3)c2)cc1. The Balaban J connectivity index is 1.48. The molecule has 0 unspecified atom stereocenters. The number of hydrogen-bond donors (Lipinski definition) is 3. The maximum Gasteiger partial charge on any atom is 0.339 e. The van der Waals surface area contributed by atoms with Crippen LogP contribution in [0.25, 0.3) is 0 Å². The largest absolute Gasteiger partial charge is 0.379 e. The van der Waals surface area contributed by atoms with Gasteiger partial charge in [0.15, 0.2) is 5.60 Å². The summed E-state index contributed by atoms with van der Waals surface area (Å²) in [4.78, 5) is 24.2. The first-order chi connectivity index (χ1) is 18.7. The fraction of sp³-hybridized carbons (Fsp3) is 0.0690. The minimum Gasteiger partial charge on any atom is -0.379 e. The van der Waals surface area contributed by atoms with E-state index < -0.39 is 21.6 Å². The molecule has 0 aliphatic rings. The monoisotopic (exact) mass is 543 g/mol.